The summed E-state index contributed by atoms with van der Waals surface area (Å²) in [6.07, 6.45) is 2.27. The van der Waals surface area contributed by atoms with E-state index in [1.165, 1.54) is 0 Å². The van der Waals surface area contributed by atoms with E-state index in [0.29, 0.717) is 11.4 Å². The van der Waals surface area contributed by atoms with E-state index in [1.54, 1.807) is 19.0 Å². The predicted molar refractivity (Wildman–Crippen MR) is 92.8 cm³/mol. The van der Waals surface area contributed by atoms with Gasteiger partial charge < -0.3 is 9.30 Å². The van der Waals surface area contributed by atoms with Crippen molar-refractivity contribution in [2.45, 2.75) is 13.3 Å². The van der Waals surface area contributed by atoms with E-state index < -0.39 is 0 Å². The summed E-state index contributed by atoms with van der Waals surface area (Å²) in [5.41, 5.74) is 4.65. The molecule has 1 amide bonds. The summed E-state index contributed by atoms with van der Waals surface area (Å²) >= 11 is 5.98. The number of hydrogen-bond acceptors (Lipinski definition) is 2. The van der Waals surface area contributed by atoms with Crippen molar-refractivity contribution in [1.82, 2.24) is 14.3 Å². The van der Waals surface area contributed by atoms with Gasteiger partial charge in [-0.1, -0.05) is 23.7 Å². The number of hydrogen-bond donors (Lipinski definition) is 0. The van der Waals surface area contributed by atoms with Crippen LogP contribution in [0.5, 0.6) is 0 Å². The summed E-state index contributed by atoms with van der Waals surface area (Å²) in [5.74, 6) is 0.0441. The maximum absolute atomic E-state index is 12.2. The lowest BCUT2D eigenvalue weighted by Crippen LogP contribution is -2.24. The highest BCUT2D eigenvalue weighted by molar-refractivity contribution is 6.30. The van der Waals surface area contributed by atoms with E-state index in [4.69, 9.17) is 16.6 Å². The minimum absolute atomic E-state index is 0.0441. The molecule has 4 nitrogen and oxygen atoms in total. The summed E-state index contributed by atoms with van der Waals surface area (Å²) in [5, 5.41) is 0.680. The number of carbonyl (C=O) groups excluding carboxylic acids is 1. The molecule has 0 aliphatic heterocycles. The van der Waals surface area contributed by atoms with Gasteiger partial charge in [0.25, 0.3) is 0 Å². The van der Waals surface area contributed by atoms with Crippen molar-refractivity contribution in [3.63, 3.8) is 0 Å². The molecule has 5 heteroatoms. The predicted octanol–water partition coefficient (Wildman–Crippen LogP) is 3.59. The maximum Gasteiger partial charge on any atom is 0.228 e. The van der Waals surface area contributed by atoms with Crippen LogP contribution >= 0.6 is 11.6 Å². The van der Waals surface area contributed by atoms with Crippen LogP contribution in [0.25, 0.3) is 16.9 Å². The smallest absolute Gasteiger partial charge is 0.228 e. The number of amides is 1. The Morgan fingerprint density at radius 2 is 1.91 bits per heavy atom. The Kier molecular flexibility index (Phi) is 4.09. The van der Waals surface area contributed by atoms with Gasteiger partial charge in [0.05, 0.1) is 17.8 Å². The second-order valence-corrected chi connectivity index (χ2v) is 6.25. The number of aryl methyl sites for hydroxylation is 1. The number of benzene rings is 1. The van der Waals surface area contributed by atoms with Crippen molar-refractivity contribution in [2.24, 2.45) is 0 Å². The first-order valence-corrected chi connectivity index (χ1v) is 7.77. The lowest BCUT2D eigenvalue weighted by atomic mass is 10.1. The molecule has 3 rings (SSSR count). The van der Waals surface area contributed by atoms with Crippen LogP contribution < -0.4 is 0 Å². The Bertz CT molecular complexity index is 866. The molecule has 0 saturated carbocycles. The molecule has 0 bridgehead atoms. The van der Waals surface area contributed by atoms with Gasteiger partial charge in [0.2, 0.25) is 5.91 Å². The van der Waals surface area contributed by atoms with Gasteiger partial charge in [-0.15, -0.1) is 0 Å². The molecule has 0 unspecified atom stereocenters. The largest absolute Gasteiger partial charge is 0.348 e. The molecule has 23 heavy (non-hydrogen) atoms. The van der Waals surface area contributed by atoms with Crippen molar-refractivity contribution >= 4 is 23.2 Å². The first kappa shape index (κ1) is 15.6. The maximum atomic E-state index is 12.2. The van der Waals surface area contributed by atoms with Crippen molar-refractivity contribution in [2.75, 3.05) is 14.1 Å². The summed E-state index contributed by atoms with van der Waals surface area (Å²) in [6.45, 7) is 2.03. The first-order chi connectivity index (χ1) is 11.0. The third-order valence-corrected chi connectivity index (χ3v) is 4.07. The van der Waals surface area contributed by atoms with Gasteiger partial charge in [-0.25, -0.2) is 4.98 Å². The average molecular weight is 328 g/mol. The Balaban J connectivity index is 2.18. The quantitative estimate of drug-likeness (QED) is 0.737. The molecule has 2 aromatic heterocycles. The highest BCUT2D eigenvalue weighted by Crippen LogP contribution is 2.27. The highest BCUT2D eigenvalue weighted by atomic mass is 35.5. The summed E-state index contributed by atoms with van der Waals surface area (Å²) in [7, 11) is 3.52. The van der Waals surface area contributed by atoms with Gasteiger partial charge >= 0.3 is 0 Å². The van der Waals surface area contributed by atoms with Gasteiger partial charge in [0, 0.05) is 30.9 Å². The number of rotatable bonds is 3. The monoisotopic (exact) mass is 327 g/mol. The SMILES string of the molecule is Cc1ccn2c(CC(=O)N(C)C)c(-c3ccc(Cl)cc3)nc2c1. The fraction of sp³-hybridized carbons (Fsp3) is 0.222. The van der Waals surface area contributed by atoms with Gasteiger partial charge in [0.15, 0.2) is 0 Å². The summed E-state index contributed by atoms with van der Waals surface area (Å²) in [6, 6.07) is 11.6. The minimum Gasteiger partial charge on any atom is -0.348 e. The zero-order chi connectivity index (χ0) is 16.6. The van der Waals surface area contributed by atoms with Crippen LogP contribution in [0.1, 0.15) is 11.3 Å². The molecule has 1 aromatic carbocycles. The number of fused-ring (bicyclic) bond motifs is 1. The Morgan fingerprint density at radius 1 is 1.22 bits per heavy atom. The Hall–Kier alpha value is -2.33. The first-order valence-electron chi connectivity index (χ1n) is 7.39. The lowest BCUT2D eigenvalue weighted by molar-refractivity contribution is -0.128. The summed E-state index contributed by atoms with van der Waals surface area (Å²) in [4.78, 5) is 18.6. The van der Waals surface area contributed by atoms with E-state index in [-0.39, 0.29) is 5.91 Å². The Labute approximate surface area is 140 Å². The average Bonchev–Trinajstić information content (AvgIpc) is 2.85. The van der Waals surface area contributed by atoms with Crippen LogP contribution in [-0.2, 0) is 11.2 Å². The molecule has 0 aliphatic rings. The lowest BCUT2D eigenvalue weighted by Gasteiger charge is -2.11. The van der Waals surface area contributed by atoms with E-state index in [9.17, 15) is 4.79 Å². The molecule has 0 aliphatic carbocycles. The number of likely N-dealkylation sites (N-methyl/N-ethyl adjacent to an activating group) is 1. The van der Waals surface area contributed by atoms with Gasteiger partial charge in [-0.05, 0) is 36.8 Å². The molecule has 0 spiro atoms. The highest BCUT2D eigenvalue weighted by Gasteiger charge is 2.18. The fourth-order valence-corrected chi connectivity index (χ4v) is 2.63. The topological polar surface area (TPSA) is 37.6 Å². The summed E-state index contributed by atoms with van der Waals surface area (Å²) < 4.78 is 1.98. The number of aromatic nitrogens is 2. The Morgan fingerprint density at radius 3 is 2.57 bits per heavy atom. The molecule has 3 aromatic rings. The van der Waals surface area contributed by atoms with Crippen LogP contribution in [0.4, 0.5) is 0 Å². The van der Waals surface area contributed by atoms with Crippen LogP contribution in [0.3, 0.4) is 0 Å². The third-order valence-electron chi connectivity index (χ3n) is 3.82. The molecule has 0 saturated heterocycles. The molecule has 118 valence electrons. The second kappa shape index (κ2) is 6.05. The number of carbonyl (C=O) groups is 1. The van der Waals surface area contributed by atoms with Crippen LogP contribution in [0.15, 0.2) is 42.6 Å². The molecule has 2 heterocycles. The van der Waals surface area contributed by atoms with Crippen molar-refractivity contribution in [3.05, 3.63) is 58.9 Å². The number of halogens is 1. The van der Waals surface area contributed by atoms with Gasteiger partial charge in [-0.2, -0.15) is 0 Å². The zero-order valence-corrected chi connectivity index (χ0v) is 14.1. The normalized spacial score (nSPS) is 11.0. The van der Waals surface area contributed by atoms with Gasteiger partial charge in [0.1, 0.15) is 5.65 Å². The van der Waals surface area contributed by atoms with Crippen molar-refractivity contribution < 1.29 is 4.79 Å². The zero-order valence-electron chi connectivity index (χ0n) is 13.4. The van der Waals surface area contributed by atoms with Gasteiger partial charge in [-0.3, -0.25) is 4.79 Å². The van der Waals surface area contributed by atoms with E-state index in [0.717, 1.165) is 28.2 Å². The van der Waals surface area contributed by atoms with E-state index in [1.807, 2.05) is 53.9 Å². The molecular formula is C18H18ClN3O. The number of imidazole rings is 1. The third kappa shape index (κ3) is 3.08. The van der Waals surface area contributed by atoms with E-state index >= 15 is 0 Å². The molecule has 0 radical (unpaired) electrons. The molecule has 0 N–H and O–H groups in total. The molecule has 0 atom stereocenters. The minimum atomic E-state index is 0.0441. The van der Waals surface area contributed by atoms with Crippen molar-refractivity contribution in [3.8, 4) is 11.3 Å². The molecule has 0 fully saturated rings. The van der Waals surface area contributed by atoms with E-state index in [2.05, 4.69) is 0 Å². The van der Waals surface area contributed by atoms with Crippen LogP contribution in [0, 0.1) is 6.92 Å². The molecular weight excluding hydrogens is 310 g/mol. The second-order valence-electron chi connectivity index (χ2n) is 5.81. The van der Waals surface area contributed by atoms with Crippen LogP contribution in [0.2, 0.25) is 5.02 Å². The fourth-order valence-electron chi connectivity index (χ4n) is 2.51. The van der Waals surface area contributed by atoms with Crippen LogP contribution in [-0.4, -0.2) is 34.3 Å². The standard InChI is InChI=1S/C18H18ClN3O/c1-12-8-9-22-15(11-17(23)21(2)3)18(20-16(22)10-12)13-4-6-14(19)7-5-13/h4-10H,11H2,1-3H3. The van der Waals surface area contributed by atoms with Crippen molar-refractivity contribution in [1.29, 1.82) is 0 Å². The number of pyridine rings is 1. The number of nitrogens with zero attached hydrogens (tertiary/aromatic N) is 3.